The number of aryl methyl sites for hydroxylation is 2. The molecule has 208 valence electrons. The summed E-state index contributed by atoms with van der Waals surface area (Å²) in [5, 5.41) is 3.48. The van der Waals surface area contributed by atoms with E-state index >= 15 is 0 Å². The van der Waals surface area contributed by atoms with Gasteiger partial charge in [-0.15, -0.1) is 0 Å². The molecule has 39 heavy (non-hydrogen) atoms. The summed E-state index contributed by atoms with van der Waals surface area (Å²) in [5.74, 6) is -0.971. The maximum atomic E-state index is 14.0. The quantitative estimate of drug-likeness (QED) is 0.326. The molecule has 0 saturated carbocycles. The number of benzene rings is 3. The molecule has 0 heterocycles. The first-order valence-corrected chi connectivity index (χ1v) is 14.7. The smallest absolute Gasteiger partial charge is 0.264 e. The Morgan fingerprint density at radius 3 is 1.97 bits per heavy atom. The number of hydrogen-bond donors (Lipinski definition) is 1. The molecule has 1 atom stereocenters. The molecule has 0 fully saturated rings. The van der Waals surface area contributed by atoms with Gasteiger partial charge in [-0.05, 0) is 82.1 Å². The zero-order valence-corrected chi connectivity index (χ0v) is 24.9. The molecule has 1 N–H and O–H groups in total. The summed E-state index contributed by atoms with van der Waals surface area (Å²) in [6.07, 6.45) is 0. The van der Waals surface area contributed by atoms with Crippen LogP contribution in [0.4, 0.5) is 5.69 Å². The molecule has 0 radical (unpaired) electrons. The minimum atomic E-state index is -4.14. The number of anilines is 1. The molecule has 0 aromatic heterocycles. The van der Waals surface area contributed by atoms with E-state index in [-0.39, 0.29) is 23.4 Å². The summed E-state index contributed by atoms with van der Waals surface area (Å²) < 4.78 is 28.8. The third-order valence-electron chi connectivity index (χ3n) is 6.09. The molecule has 0 unspecified atom stereocenters. The van der Waals surface area contributed by atoms with Gasteiger partial charge < -0.3 is 10.2 Å². The molecule has 10 heteroatoms. The number of hydrogen-bond acceptors (Lipinski definition) is 4. The third-order valence-corrected chi connectivity index (χ3v) is 8.59. The molecule has 2 amide bonds. The van der Waals surface area contributed by atoms with Crippen LogP contribution in [-0.2, 0) is 26.2 Å². The fourth-order valence-corrected chi connectivity index (χ4v) is 6.12. The second-order valence-electron chi connectivity index (χ2n) is 9.73. The van der Waals surface area contributed by atoms with E-state index in [1.165, 1.54) is 17.0 Å². The Hall–Kier alpha value is -3.07. The van der Waals surface area contributed by atoms with Gasteiger partial charge >= 0.3 is 0 Å². The molecule has 0 spiro atoms. The van der Waals surface area contributed by atoms with Gasteiger partial charge in [0.1, 0.15) is 12.6 Å². The van der Waals surface area contributed by atoms with E-state index in [4.69, 9.17) is 23.2 Å². The van der Waals surface area contributed by atoms with Gasteiger partial charge in [0.15, 0.2) is 0 Å². The molecule has 3 aromatic rings. The highest BCUT2D eigenvalue weighted by Crippen LogP contribution is 2.29. The van der Waals surface area contributed by atoms with E-state index in [9.17, 15) is 18.0 Å². The number of sulfonamides is 1. The van der Waals surface area contributed by atoms with Gasteiger partial charge in [0.05, 0.1) is 10.6 Å². The summed E-state index contributed by atoms with van der Waals surface area (Å²) in [6, 6.07) is 17.1. The van der Waals surface area contributed by atoms with Crippen LogP contribution in [0.15, 0.2) is 71.6 Å². The maximum absolute atomic E-state index is 14.0. The lowest BCUT2D eigenvalue weighted by Gasteiger charge is -2.32. The highest BCUT2D eigenvalue weighted by Gasteiger charge is 2.33. The van der Waals surface area contributed by atoms with Crippen LogP contribution in [0.1, 0.15) is 37.5 Å². The second kappa shape index (κ2) is 12.9. The van der Waals surface area contributed by atoms with Gasteiger partial charge in [0, 0.05) is 28.2 Å². The van der Waals surface area contributed by atoms with Crippen LogP contribution in [0.3, 0.4) is 0 Å². The van der Waals surface area contributed by atoms with Gasteiger partial charge in [-0.25, -0.2) is 8.42 Å². The minimum Gasteiger partial charge on any atom is -0.352 e. The average Bonchev–Trinajstić information content (AvgIpc) is 2.86. The van der Waals surface area contributed by atoms with Crippen molar-refractivity contribution in [1.82, 2.24) is 10.2 Å². The molecule has 0 aliphatic carbocycles. The largest absolute Gasteiger partial charge is 0.352 e. The van der Waals surface area contributed by atoms with Crippen LogP contribution in [0.25, 0.3) is 0 Å². The summed E-state index contributed by atoms with van der Waals surface area (Å²) in [4.78, 5) is 28.4. The Kier molecular flexibility index (Phi) is 10.0. The normalized spacial score (nSPS) is 12.2. The number of halogens is 2. The summed E-state index contributed by atoms with van der Waals surface area (Å²) in [5.41, 5.74) is 2.49. The Labute approximate surface area is 240 Å². The minimum absolute atomic E-state index is 0.0447. The molecule has 0 bridgehead atoms. The van der Waals surface area contributed by atoms with Crippen molar-refractivity contribution in [3.05, 3.63) is 93.5 Å². The maximum Gasteiger partial charge on any atom is 0.264 e. The van der Waals surface area contributed by atoms with E-state index in [1.807, 2.05) is 33.8 Å². The Balaban J connectivity index is 2.09. The van der Waals surface area contributed by atoms with Crippen molar-refractivity contribution in [2.75, 3.05) is 10.8 Å². The van der Waals surface area contributed by atoms with Crippen molar-refractivity contribution in [3.8, 4) is 0 Å². The number of rotatable bonds is 10. The molecule has 7 nitrogen and oxygen atoms in total. The number of carbonyl (C=O) groups is 2. The first-order chi connectivity index (χ1) is 18.3. The fraction of sp³-hybridized carbons (Fsp3) is 0.310. The second-order valence-corrected chi connectivity index (χ2v) is 12.4. The average molecular weight is 591 g/mol. The SMILES string of the molecule is Cc1cc(C)cc(N(CC(=O)N(Cc2c(Cl)cccc2Cl)[C@@H](C)C(=O)NC(C)C)S(=O)(=O)c2ccccc2)c1. The lowest BCUT2D eigenvalue weighted by Crippen LogP contribution is -2.52. The Morgan fingerprint density at radius 2 is 1.44 bits per heavy atom. The lowest BCUT2D eigenvalue weighted by atomic mass is 10.1. The van der Waals surface area contributed by atoms with Gasteiger partial charge in [-0.1, -0.05) is 53.5 Å². The topological polar surface area (TPSA) is 86.8 Å². The van der Waals surface area contributed by atoms with E-state index in [2.05, 4.69) is 5.32 Å². The van der Waals surface area contributed by atoms with Gasteiger partial charge in [0.2, 0.25) is 11.8 Å². The number of nitrogens with one attached hydrogen (secondary N) is 1. The van der Waals surface area contributed by atoms with Crippen LogP contribution >= 0.6 is 23.2 Å². The highest BCUT2D eigenvalue weighted by molar-refractivity contribution is 7.92. The van der Waals surface area contributed by atoms with Crippen LogP contribution < -0.4 is 9.62 Å². The Bertz CT molecular complexity index is 1410. The first kappa shape index (κ1) is 30.5. The number of amides is 2. The lowest BCUT2D eigenvalue weighted by molar-refractivity contribution is -0.139. The van der Waals surface area contributed by atoms with Crippen LogP contribution in [0.5, 0.6) is 0 Å². The predicted octanol–water partition coefficient (Wildman–Crippen LogP) is 5.75. The van der Waals surface area contributed by atoms with Crippen molar-refractivity contribution < 1.29 is 18.0 Å². The summed E-state index contributed by atoms with van der Waals surface area (Å²) >= 11 is 12.8. The van der Waals surface area contributed by atoms with Gasteiger partial charge in [-0.2, -0.15) is 0 Å². The van der Waals surface area contributed by atoms with E-state index in [0.29, 0.717) is 21.3 Å². The molecular formula is C29H33Cl2N3O4S. The molecule has 3 aromatic carbocycles. The molecule has 0 saturated heterocycles. The van der Waals surface area contributed by atoms with Crippen molar-refractivity contribution in [1.29, 1.82) is 0 Å². The first-order valence-electron chi connectivity index (χ1n) is 12.5. The standard InChI is InChI=1S/C29H33Cl2N3O4S/c1-19(2)32-29(36)22(5)33(17-25-26(30)12-9-13-27(25)31)28(35)18-34(23-15-20(3)14-21(4)16-23)39(37,38)24-10-7-6-8-11-24/h6-16,19,22H,17-18H2,1-5H3,(H,32,36)/t22-/m0/s1. The van der Waals surface area contributed by atoms with E-state index < -0.39 is 28.5 Å². The molecule has 0 aliphatic heterocycles. The zero-order valence-electron chi connectivity index (χ0n) is 22.6. The van der Waals surface area contributed by atoms with E-state index in [0.717, 1.165) is 15.4 Å². The van der Waals surface area contributed by atoms with Crippen LogP contribution in [-0.4, -0.2) is 43.8 Å². The van der Waals surface area contributed by atoms with Crippen molar-refractivity contribution >= 4 is 50.7 Å². The summed E-state index contributed by atoms with van der Waals surface area (Å²) in [6.45, 7) is 8.31. The van der Waals surface area contributed by atoms with Gasteiger partial charge in [0.25, 0.3) is 10.0 Å². The monoisotopic (exact) mass is 589 g/mol. The number of carbonyl (C=O) groups excluding carboxylic acids is 2. The molecule has 0 aliphatic rings. The third kappa shape index (κ3) is 7.53. The molecule has 3 rings (SSSR count). The van der Waals surface area contributed by atoms with Crippen LogP contribution in [0.2, 0.25) is 10.0 Å². The molecular weight excluding hydrogens is 557 g/mol. The predicted molar refractivity (Wildman–Crippen MR) is 157 cm³/mol. The summed E-state index contributed by atoms with van der Waals surface area (Å²) in [7, 11) is -4.14. The van der Waals surface area contributed by atoms with Crippen molar-refractivity contribution in [2.45, 2.75) is 58.1 Å². The number of nitrogens with zero attached hydrogens (tertiary/aromatic N) is 2. The van der Waals surface area contributed by atoms with Crippen molar-refractivity contribution in [3.63, 3.8) is 0 Å². The zero-order chi connectivity index (χ0) is 28.9. The highest BCUT2D eigenvalue weighted by atomic mass is 35.5. The fourth-order valence-electron chi connectivity index (χ4n) is 4.18. The Morgan fingerprint density at radius 1 is 0.872 bits per heavy atom. The van der Waals surface area contributed by atoms with E-state index in [1.54, 1.807) is 55.5 Å². The van der Waals surface area contributed by atoms with Crippen molar-refractivity contribution in [2.24, 2.45) is 0 Å². The van der Waals surface area contributed by atoms with Crippen LogP contribution in [0, 0.1) is 13.8 Å². The van der Waals surface area contributed by atoms with Gasteiger partial charge in [-0.3, -0.25) is 13.9 Å².